The van der Waals surface area contributed by atoms with Gasteiger partial charge in [0.05, 0.1) is 18.6 Å². The molecule has 2 amide bonds. The van der Waals surface area contributed by atoms with Crippen molar-refractivity contribution in [2.24, 2.45) is 23.0 Å². The van der Waals surface area contributed by atoms with Gasteiger partial charge in [-0.15, -0.1) is 0 Å². The van der Waals surface area contributed by atoms with Crippen LogP contribution in [0.5, 0.6) is 5.75 Å². The summed E-state index contributed by atoms with van der Waals surface area (Å²) in [6, 6.07) is 7.83. The molecule has 3 rings (SSSR count). The lowest BCUT2D eigenvalue weighted by molar-refractivity contribution is -0.132. The lowest BCUT2D eigenvalue weighted by Gasteiger charge is -2.43. The number of primary amides is 1. The van der Waals surface area contributed by atoms with Crippen LogP contribution in [0.4, 0.5) is 0 Å². The summed E-state index contributed by atoms with van der Waals surface area (Å²) in [4.78, 5) is 29.0. The van der Waals surface area contributed by atoms with Crippen LogP contribution in [-0.2, 0) is 16.1 Å². The van der Waals surface area contributed by atoms with Crippen LogP contribution < -0.4 is 15.8 Å². The number of carbonyl (C=O) groups excluding carboxylic acids is 2. The number of aliphatic hydroxyl groups excluding tert-OH is 1. The number of amides is 2. The number of nitrogens with zero attached hydrogens (tertiary/aromatic N) is 1. The van der Waals surface area contributed by atoms with Crippen LogP contribution in [0.1, 0.15) is 84.1 Å². The third kappa shape index (κ3) is 8.20. The molecule has 40 heavy (non-hydrogen) atoms. The molecular weight excluding hydrogens is 502 g/mol. The van der Waals surface area contributed by atoms with Crippen LogP contribution in [0.25, 0.3) is 0 Å². The maximum atomic E-state index is 13.7. The first-order chi connectivity index (χ1) is 19.2. The molecule has 0 radical (unpaired) electrons. The van der Waals surface area contributed by atoms with Crippen LogP contribution in [0.3, 0.4) is 0 Å². The highest BCUT2D eigenvalue weighted by Crippen LogP contribution is 2.47. The summed E-state index contributed by atoms with van der Waals surface area (Å²) in [7, 11) is 1.65. The average Bonchev–Trinajstić information content (AvgIpc) is 2.95. The van der Waals surface area contributed by atoms with E-state index in [2.05, 4.69) is 19.2 Å². The predicted molar refractivity (Wildman–Crippen MR) is 161 cm³/mol. The highest BCUT2D eigenvalue weighted by atomic mass is 16.5. The van der Waals surface area contributed by atoms with Gasteiger partial charge in [-0.25, -0.2) is 0 Å². The van der Waals surface area contributed by atoms with E-state index in [4.69, 9.17) is 10.5 Å². The van der Waals surface area contributed by atoms with Crippen LogP contribution in [-0.4, -0.2) is 54.7 Å². The van der Waals surface area contributed by atoms with Crippen molar-refractivity contribution in [1.82, 2.24) is 10.2 Å². The zero-order chi connectivity index (χ0) is 29.1. The average molecular weight is 554 g/mol. The van der Waals surface area contributed by atoms with Gasteiger partial charge in [0, 0.05) is 37.7 Å². The van der Waals surface area contributed by atoms with E-state index in [1.807, 2.05) is 48.2 Å². The number of aliphatic hydroxyl groups is 1. The molecule has 222 valence electrons. The van der Waals surface area contributed by atoms with Gasteiger partial charge in [0.2, 0.25) is 11.8 Å². The lowest BCUT2D eigenvalue weighted by Crippen LogP contribution is -2.51. The number of allylic oxidation sites excluding steroid dienone is 2. The third-order valence-corrected chi connectivity index (χ3v) is 8.63. The molecule has 1 aromatic carbocycles. The molecule has 7 heteroatoms. The van der Waals surface area contributed by atoms with Gasteiger partial charge >= 0.3 is 0 Å². The zero-order valence-electron chi connectivity index (χ0n) is 25.1. The quantitative estimate of drug-likeness (QED) is 0.279. The molecule has 1 unspecified atom stereocenters. The fraction of sp³-hybridized carbons (Fsp3) is 0.636. The number of hydrogen-bond donors (Lipinski definition) is 3. The Labute approximate surface area is 241 Å². The normalized spacial score (nSPS) is 21.2. The van der Waals surface area contributed by atoms with Crippen molar-refractivity contribution in [2.75, 3.05) is 26.7 Å². The second kappa shape index (κ2) is 15.4. The predicted octanol–water partition coefficient (Wildman–Crippen LogP) is 5.13. The molecule has 2 aliphatic carbocycles. The standard InChI is InChI=1S/C33H51N3O4/c1-5-15-36(16-6-2)31(38)27-17-24(3)20-33(21-27,32(34)39)29(19-25-11-8-7-9-12-25)30(37)23-35-22-26-13-10-14-28(18-26)40-4/h10,13-14,17-18,20,25,29-30,35,37H,5-9,11-12,15-16,19,21-23H2,1-4H3,(H2,34,39)/t29-,30+,33?/m1/s1. The summed E-state index contributed by atoms with van der Waals surface area (Å²) in [5.74, 6) is 0.329. The molecule has 0 bridgehead atoms. The summed E-state index contributed by atoms with van der Waals surface area (Å²) in [5.41, 5.74) is 7.63. The third-order valence-electron chi connectivity index (χ3n) is 8.63. The highest BCUT2D eigenvalue weighted by molar-refractivity contribution is 5.96. The van der Waals surface area contributed by atoms with Gasteiger partial charge in [0.1, 0.15) is 5.75 Å². The van der Waals surface area contributed by atoms with E-state index in [0.717, 1.165) is 42.6 Å². The second-order valence-electron chi connectivity index (χ2n) is 11.8. The summed E-state index contributed by atoms with van der Waals surface area (Å²) >= 11 is 0. The van der Waals surface area contributed by atoms with Gasteiger partial charge in [-0.1, -0.05) is 75.8 Å². The molecule has 1 aromatic rings. The SMILES string of the molecule is CCCN(CCC)C(=O)C1=CC(C)=CC(C(N)=O)([C@H](CC2CCCCC2)[C@@H](O)CNCc2cccc(OC)c2)C1. The topological polar surface area (TPSA) is 105 Å². The molecule has 7 nitrogen and oxygen atoms in total. The van der Waals surface area contributed by atoms with Crippen molar-refractivity contribution >= 4 is 11.8 Å². The Morgan fingerprint density at radius 3 is 2.50 bits per heavy atom. The van der Waals surface area contributed by atoms with E-state index in [9.17, 15) is 14.7 Å². The van der Waals surface area contributed by atoms with Crippen LogP contribution >= 0.6 is 0 Å². The summed E-state index contributed by atoms with van der Waals surface area (Å²) < 4.78 is 5.34. The van der Waals surface area contributed by atoms with Gasteiger partial charge in [-0.3, -0.25) is 9.59 Å². The first-order valence-corrected chi connectivity index (χ1v) is 15.2. The Morgan fingerprint density at radius 1 is 1.18 bits per heavy atom. The van der Waals surface area contributed by atoms with Crippen molar-refractivity contribution in [3.05, 3.63) is 53.1 Å². The molecule has 0 spiro atoms. The maximum absolute atomic E-state index is 13.7. The van der Waals surface area contributed by atoms with E-state index >= 15 is 0 Å². The zero-order valence-corrected chi connectivity index (χ0v) is 25.1. The maximum Gasteiger partial charge on any atom is 0.249 e. The van der Waals surface area contributed by atoms with Gasteiger partial charge < -0.3 is 25.8 Å². The summed E-state index contributed by atoms with van der Waals surface area (Å²) in [5, 5.41) is 15.1. The lowest BCUT2D eigenvalue weighted by atomic mass is 9.62. The number of nitrogens with one attached hydrogen (secondary N) is 1. The number of nitrogens with two attached hydrogens (primary N) is 1. The molecule has 0 aliphatic heterocycles. The van der Waals surface area contributed by atoms with Crippen molar-refractivity contribution in [3.8, 4) is 5.75 Å². The van der Waals surface area contributed by atoms with Crippen molar-refractivity contribution in [2.45, 2.75) is 91.2 Å². The van der Waals surface area contributed by atoms with Gasteiger partial charge in [-0.05, 0) is 56.2 Å². The van der Waals surface area contributed by atoms with Crippen molar-refractivity contribution < 1.29 is 19.4 Å². The van der Waals surface area contributed by atoms with Crippen LogP contribution in [0.15, 0.2) is 47.6 Å². The smallest absolute Gasteiger partial charge is 0.249 e. The molecule has 2 aliphatic rings. The Bertz CT molecular complexity index is 1040. The van der Waals surface area contributed by atoms with Gasteiger partial charge in [0.15, 0.2) is 0 Å². The van der Waals surface area contributed by atoms with E-state index in [1.165, 1.54) is 19.3 Å². The first-order valence-electron chi connectivity index (χ1n) is 15.2. The van der Waals surface area contributed by atoms with Crippen LogP contribution in [0.2, 0.25) is 0 Å². The minimum Gasteiger partial charge on any atom is -0.497 e. The minimum atomic E-state index is -1.12. The summed E-state index contributed by atoms with van der Waals surface area (Å²) in [6.45, 7) is 8.31. The number of rotatable bonds is 15. The molecule has 4 N–H and O–H groups in total. The number of carbonyl (C=O) groups is 2. The molecule has 0 aromatic heterocycles. The van der Waals surface area contributed by atoms with E-state index in [1.54, 1.807) is 7.11 Å². The Balaban J connectivity index is 1.88. The molecular formula is C33H51N3O4. The number of methoxy groups -OCH3 is 1. The van der Waals surface area contributed by atoms with Gasteiger partial charge in [0.25, 0.3) is 0 Å². The summed E-state index contributed by atoms with van der Waals surface area (Å²) in [6.07, 6.45) is 11.5. The fourth-order valence-electron chi connectivity index (χ4n) is 6.70. The molecule has 1 fully saturated rings. The Hall–Kier alpha value is -2.64. The van der Waals surface area contributed by atoms with E-state index in [-0.39, 0.29) is 12.3 Å². The van der Waals surface area contributed by atoms with E-state index in [0.29, 0.717) is 44.1 Å². The van der Waals surface area contributed by atoms with E-state index < -0.39 is 23.3 Å². The monoisotopic (exact) mass is 553 g/mol. The molecule has 0 heterocycles. The van der Waals surface area contributed by atoms with Crippen molar-refractivity contribution in [3.63, 3.8) is 0 Å². The largest absolute Gasteiger partial charge is 0.497 e. The molecule has 3 atom stereocenters. The molecule has 1 saturated carbocycles. The second-order valence-corrected chi connectivity index (χ2v) is 11.8. The van der Waals surface area contributed by atoms with Crippen LogP contribution in [0, 0.1) is 17.3 Å². The van der Waals surface area contributed by atoms with Gasteiger partial charge in [-0.2, -0.15) is 0 Å². The Morgan fingerprint density at radius 2 is 1.88 bits per heavy atom. The number of ether oxygens (including phenoxy) is 1. The Kier molecular flexibility index (Phi) is 12.3. The first kappa shape index (κ1) is 31.9. The number of benzene rings is 1. The number of hydrogen-bond acceptors (Lipinski definition) is 5. The molecule has 0 saturated heterocycles. The van der Waals surface area contributed by atoms with Crippen molar-refractivity contribution in [1.29, 1.82) is 0 Å². The highest BCUT2D eigenvalue weighted by Gasteiger charge is 2.49. The minimum absolute atomic E-state index is 0.0242. The fourth-order valence-corrected chi connectivity index (χ4v) is 6.70.